The van der Waals surface area contributed by atoms with Gasteiger partial charge in [-0.25, -0.2) is 0 Å². The normalized spacial score (nSPS) is 14.3. The van der Waals surface area contributed by atoms with Gasteiger partial charge in [0.2, 0.25) is 0 Å². The maximum atomic E-state index is 12.7. The topological polar surface area (TPSA) is 12.0 Å². The Balaban J connectivity index is 3.06. The molecule has 0 amide bonds. The van der Waals surface area contributed by atoms with Gasteiger partial charge >= 0.3 is 12.4 Å². The van der Waals surface area contributed by atoms with Crippen LogP contribution < -0.4 is 5.32 Å². The zero-order valence-corrected chi connectivity index (χ0v) is 12.7. The third kappa shape index (κ3) is 5.86. The molecule has 0 heterocycles. The van der Waals surface area contributed by atoms with Crippen molar-refractivity contribution < 1.29 is 26.3 Å². The number of alkyl halides is 6. The van der Waals surface area contributed by atoms with E-state index in [1.807, 2.05) is 0 Å². The smallest absolute Gasteiger partial charge is 0.310 e. The van der Waals surface area contributed by atoms with Gasteiger partial charge in [0.15, 0.2) is 0 Å². The van der Waals surface area contributed by atoms with Crippen LogP contribution >= 0.6 is 15.9 Å². The molecule has 0 fully saturated rings. The third-order valence-corrected chi connectivity index (χ3v) is 3.59. The summed E-state index contributed by atoms with van der Waals surface area (Å²) in [6, 6.07) is 2.18. The van der Waals surface area contributed by atoms with Crippen LogP contribution in [-0.4, -0.2) is 12.7 Å². The lowest BCUT2D eigenvalue weighted by molar-refractivity contribution is -0.138. The van der Waals surface area contributed by atoms with Crippen LogP contribution in [0, 0.1) is 0 Å². The Morgan fingerprint density at radius 1 is 1.14 bits per heavy atom. The molecule has 0 spiro atoms. The Bertz CT molecular complexity index is 469. The molecule has 1 atom stereocenters. The molecule has 1 nitrogen and oxygen atoms in total. The van der Waals surface area contributed by atoms with Gasteiger partial charge in [0.05, 0.1) is 5.56 Å². The fraction of sp³-hybridized carbons (Fsp3) is 0.538. The summed E-state index contributed by atoms with van der Waals surface area (Å²) in [6.45, 7) is 2.04. The summed E-state index contributed by atoms with van der Waals surface area (Å²) >= 11 is 3.10. The molecule has 1 aromatic carbocycles. The molecule has 0 radical (unpaired) electrons. The summed E-state index contributed by atoms with van der Waals surface area (Å²) in [6.07, 6.45) is -10.3. The summed E-state index contributed by atoms with van der Waals surface area (Å²) in [5.74, 6) is 0. The van der Waals surface area contributed by atoms with Gasteiger partial charge in [-0.05, 0) is 36.7 Å². The lowest BCUT2D eigenvalue weighted by Crippen LogP contribution is -2.24. The number of hydrogen-bond donors (Lipinski definition) is 1. The molecule has 1 rings (SSSR count). The molecule has 0 aliphatic heterocycles. The molecule has 120 valence electrons. The van der Waals surface area contributed by atoms with Crippen LogP contribution in [0.3, 0.4) is 0 Å². The van der Waals surface area contributed by atoms with E-state index in [4.69, 9.17) is 0 Å². The van der Waals surface area contributed by atoms with Crippen molar-refractivity contribution >= 4 is 15.9 Å². The second-order valence-electron chi connectivity index (χ2n) is 4.50. The molecule has 0 aromatic heterocycles. The van der Waals surface area contributed by atoms with Crippen molar-refractivity contribution in [3.05, 3.63) is 33.8 Å². The van der Waals surface area contributed by atoms with Crippen molar-refractivity contribution in [1.29, 1.82) is 0 Å². The first-order valence-corrected chi connectivity index (χ1v) is 7.00. The van der Waals surface area contributed by atoms with E-state index < -0.39 is 30.4 Å². The largest absolute Gasteiger partial charge is 0.416 e. The van der Waals surface area contributed by atoms with Crippen molar-refractivity contribution in [2.24, 2.45) is 0 Å². The zero-order valence-electron chi connectivity index (χ0n) is 11.1. The van der Waals surface area contributed by atoms with Crippen molar-refractivity contribution in [1.82, 2.24) is 5.32 Å². The number of hydrogen-bond acceptors (Lipinski definition) is 1. The van der Waals surface area contributed by atoms with Gasteiger partial charge in [0.1, 0.15) is 0 Å². The SMILES string of the molecule is CCNC(CCC(F)(F)F)c1cc(C(F)(F)F)ccc1Br. The van der Waals surface area contributed by atoms with Gasteiger partial charge in [-0.15, -0.1) is 0 Å². The quantitative estimate of drug-likeness (QED) is 0.671. The fourth-order valence-electron chi connectivity index (χ4n) is 1.91. The molecule has 0 saturated carbocycles. The van der Waals surface area contributed by atoms with E-state index in [-0.39, 0.29) is 12.0 Å². The van der Waals surface area contributed by atoms with E-state index in [0.717, 1.165) is 12.1 Å². The molecular weight excluding hydrogens is 364 g/mol. The molecule has 0 bridgehead atoms. The summed E-state index contributed by atoms with van der Waals surface area (Å²) in [7, 11) is 0. The van der Waals surface area contributed by atoms with E-state index in [1.54, 1.807) is 6.92 Å². The minimum Gasteiger partial charge on any atom is -0.310 e. The highest BCUT2D eigenvalue weighted by atomic mass is 79.9. The Morgan fingerprint density at radius 3 is 2.24 bits per heavy atom. The van der Waals surface area contributed by atoms with Gasteiger partial charge in [-0.2, -0.15) is 26.3 Å². The minimum atomic E-state index is -4.53. The zero-order chi connectivity index (χ0) is 16.3. The number of nitrogens with one attached hydrogen (secondary N) is 1. The summed E-state index contributed by atoms with van der Waals surface area (Å²) in [5, 5.41) is 2.79. The molecule has 1 unspecified atom stereocenters. The Kier molecular flexibility index (Phi) is 6.10. The lowest BCUT2D eigenvalue weighted by atomic mass is 9.99. The Morgan fingerprint density at radius 2 is 1.76 bits per heavy atom. The highest BCUT2D eigenvalue weighted by molar-refractivity contribution is 9.10. The molecule has 0 aliphatic carbocycles. The first-order valence-electron chi connectivity index (χ1n) is 6.21. The number of rotatable bonds is 5. The van der Waals surface area contributed by atoms with Gasteiger partial charge in [-0.1, -0.05) is 22.9 Å². The summed E-state index contributed by atoms with van der Waals surface area (Å²) < 4.78 is 75.4. The second kappa shape index (κ2) is 7.00. The van der Waals surface area contributed by atoms with Crippen molar-refractivity contribution in [2.75, 3.05) is 6.54 Å². The van der Waals surface area contributed by atoms with Crippen LogP contribution in [0.2, 0.25) is 0 Å². The monoisotopic (exact) mass is 377 g/mol. The van der Waals surface area contributed by atoms with Crippen LogP contribution in [0.4, 0.5) is 26.3 Å². The van der Waals surface area contributed by atoms with Crippen LogP contribution in [0.1, 0.15) is 36.9 Å². The van der Waals surface area contributed by atoms with Crippen LogP contribution in [0.5, 0.6) is 0 Å². The average Bonchev–Trinajstić information content (AvgIpc) is 2.33. The fourth-order valence-corrected chi connectivity index (χ4v) is 2.43. The lowest BCUT2D eigenvalue weighted by Gasteiger charge is -2.21. The van der Waals surface area contributed by atoms with E-state index in [9.17, 15) is 26.3 Å². The van der Waals surface area contributed by atoms with Crippen LogP contribution in [0.15, 0.2) is 22.7 Å². The first kappa shape index (κ1) is 18.3. The standard InChI is InChI=1S/C13H14BrF6N/c1-2-21-11(5-6-12(15,16)17)9-7-8(13(18,19)20)3-4-10(9)14/h3-4,7,11,21H,2,5-6H2,1H3. The average molecular weight is 378 g/mol. The molecule has 0 saturated heterocycles. The van der Waals surface area contributed by atoms with Crippen molar-refractivity contribution in [3.8, 4) is 0 Å². The first-order chi connectivity index (χ1) is 9.54. The second-order valence-corrected chi connectivity index (χ2v) is 5.35. The Hall–Kier alpha value is -0.760. The predicted molar refractivity (Wildman–Crippen MR) is 70.9 cm³/mol. The molecule has 1 aromatic rings. The molecular formula is C13H14BrF6N. The van der Waals surface area contributed by atoms with Gasteiger partial charge in [0.25, 0.3) is 0 Å². The van der Waals surface area contributed by atoms with Crippen molar-refractivity contribution in [3.63, 3.8) is 0 Å². The highest BCUT2D eigenvalue weighted by Gasteiger charge is 2.33. The predicted octanol–water partition coefficient (Wildman–Crippen LogP) is 5.46. The molecule has 0 aliphatic rings. The van der Waals surface area contributed by atoms with Gasteiger partial charge in [-0.3, -0.25) is 0 Å². The van der Waals surface area contributed by atoms with E-state index in [0.29, 0.717) is 11.0 Å². The molecule has 21 heavy (non-hydrogen) atoms. The van der Waals surface area contributed by atoms with Crippen LogP contribution in [0.25, 0.3) is 0 Å². The highest BCUT2D eigenvalue weighted by Crippen LogP contribution is 2.36. The molecule has 8 heteroatoms. The van der Waals surface area contributed by atoms with E-state index >= 15 is 0 Å². The Labute approximate surface area is 126 Å². The minimum absolute atomic E-state index is 0.177. The summed E-state index contributed by atoms with van der Waals surface area (Å²) in [5.41, 5.74) is -0.702. The summed E-state index contributed by atoms with van der Waals surface area (Å²) in [4.78, 5) is 0. The van der Waals surface area contributed by atoms with Gasteiger partial charge in [0, 0.05) is 16.9 Å². The van der Waals surface area contributed by atoms with E-state index in [2.05, 4.69) is 21.2 Å². The molecule has 1 N–H and O–H groups in total. The third-order valence-electron chi connectivity index (χ3n) is 2.87. The number of benzene rings is 1. The maximum absolute atomic E-state index is 12.7. The van der Waals surface area contributed by atoms with Gasteiger partial charge < -0.3 is 5.32 Å². The van der Waals surface area contributed by atoms with E-state index in [1.165, 1.54) is 6.07 Å². The maximum Gasteiger partial charge on any atom is 0.416 e. The van der Waals surface area contributed by atoms with Crippen molar-refractivity contribution in [2.45, 2.75) is 38.2 Å². The number of halogens is 7. The van der Waals surface area contributed by atoms with Crippen LogP contribution in [-0.2, 0) is 6.18 Å².